The van der Waals surface area contributed by atoms with Crippen molar-refractivity contribution in [1.29, 1.82) is 0 Å². The van der Waals surface area contributed by atoms with Crippen LogP contribution in [0.4, 0.5) is 4.79 Å². The van der Waals surface area contributed by atoms with Gasteiger partial charge in [-0.2, -0.15) is 0 Å². The highest BCUT2D eigenvalue weighted by Gasteiger charge is 2.33. The zero-order valence-electron chi connectivity index (χ0n) is 11.5. The quantitative estimate of drug-likeness (QED) is 0.680. The van der Waals surface area contributed by atoms with Crippen molar-refractivity contribution in [2.24, 2.45) is 0 Å². The van der Waals surface area contributed by atoms with Crippen LogP contribution < -0.4 is 0 Å². The highest BCUT2D eigenvalue weighted by molar-refractivity contribution is 5.67. The van der Waals surface area contributed by atoms with Crippen molar-refractivity contribution >= 4 is 6.09 Å². The minimum absolute atomic E-state index is 0.224. The lowest BCUT2D eigenvalue weighted by Gasteiger charge is -2.48. The number of morpholine rings is 1. The fraction of sp³-hybridized carbons (Fsp3) is 0.917. The van der Waals surface area contributed by atoms with E-state index in [1.165, 1.54) is 7.11 Å². The van der Waals surface area contributed by atoms with E-state index in [0.29, 0.717) is 12.1 Å². The third-order valence-electron chi connectivity index (χ3n) is 3.64. The van der Waals surface area contributed by atoms with Gasteiger partial charge in [0.1, 0.15) is 0 Å². The first-order valence-corrected chi connectivity index (χ1v) is 6.57. The maximum Gasteiger partial charge on any atom is 0.409 e. The number of carbonyl (C=O) groups excluding carboxylic acids is 1. The lowest BCUT2D eigenvalue weighted by Crippen LogP contribution is -2.62. The molecule has 0 aromatic carbocycles. The third-order valence-corrected chi connectivity index (χ3v) is 3.64. The Labute approximate surface area is 108 Å². The topological polar surface area (TPSA) is 45.2 Å². The number of nitrogens with zero attached hydrogens (tertiary/aromatic N) is 3. The first-order chi connectivity index (χ1) is 8.63. The van der Waals surface area contributed by atoms with Gasteiger partial charge in [0.25, 0.3) is 0 Å². The van der Waals surface area contributed by atoms with Crippen LogP contribution in [0.1, 0.15) is 13.8 Å². The van der Waals surface area contributed by atoms with Crippen LogP contribution in [0.3, 0.4) is 0 Å². The smallest absolute Gasteiger partial charge is 0.409 e. The van der Waals surface area contributed by atoms with E-state index in [4.69, 9.17) is 9.47 Å². The number of hydrogen-bond donors (Lipinski definition) is 0. The second-order valence-corrected chi connectivity index (χ2v) is 5.03. The zero-order valence-corrected chi connectivity index (χ0v) is 11.5. The molecule has 6 heteroatoms. The van der Waals surface area contributed by atoms with Crippen LogP contribution in [0.5, 0.6) is 0 Å². The predicted molar refractivity (Wildman–Crippen MR) is 67.1 cm³/mol. The summed E-state index contributed by atoms with van der Waals surface area (Å²) in [5.41, 5.74) is 0. The van der Waals surface area contributed by atoms with Crippen LogP contribution in [0.2, 0.25) is 0 Å². The van der Waals surface area contributed by atoms with Gasteiger partial charge in [-0.3, -0.25) is 0 Å². The summed E-state index contributed by atoms with van der Waals surface area (Å²) < 4.78 is 10.3. The molecule has 1 amide bonds. The number of amides is 1. The maximum absolute atomic E-state index is 11.4. The van der Waals surface area contributed by atoms with Crippen LogP contribution in [0, 0.1) is 0 Å². The molecule has 2 unspecified atom stereocenters. The summed E-state index contributed by atoms with van der Waals surface area (Å²) in [4.78, 5) is 13.2. The Hall–Kier alpha value is -0.850. The number of hydrogen-bond acceptors (Lipinski definition) is 5. The molecule has 0 saturated carbocycles. The van der Waals surface area contributed by atoms with Crippen molar-refractivity contribution < 1.29 is 14.3 Å². The fourth-order valence-electron chi connectivity index (χ4n) is 2.79. The lowest BCUT2D eigenvalue weighted by atomic mass is 10.2. The molecule has 0 aromatic rings. The van der Waals surface area contributed by atoms with Gasteiger partial charge < -0.3 is 14.4 Å². The van der Waals surface area contributed by atoms with E-state index in [9.17, 15) is 4.79 Å². The molecule has 0 aromatic heterocycles. The maximum atomic E-state index is 11.4. The molecule has 2 atom stereocenters. The molecular formula is C12H23N3O3. The summed E-state index contributed by atoms with van der Waals surface area (Å²) in [5.74, 6) is 0. The first-order valence-electron chi connectivity index (χ1n) is 6.57. The van der Waals surface area contributed by atoms with Crippen molar-refractivity contribution in [3.05, 3.63) is 0 Å². The number of hydrazine groups is 1. The second-order valence-electron chi connectivity index (χ2n) is 5.03. The van der Waals surface area contributed by atoms with Crippen LogP contribution >= 0.6 is 0 Å². The molecule has 0 aliphatic carbocycles. The van der Waals surface area contributed by atoms with E-state index < -0.39 is 0 Å². The molecule has 0 bridgehead atoms. The van der Waals surface area contributed by atoms with E-state index in [1.807, 2.05) is 0 Å². The van der Waals surface area contributed by atoms with E-state index in [1.54, 1.807) is 4.90 Å². The molecule has 2 aliphatic heterocycles. The average molecular weight is 257 g/mol. The van der Waals surface area contributed by atoms with Gasteiger partial charge in [0, 0.05) is 38.3 Å². The van der Waals surface area contributed by atoms with Crippen LogP contribution in [-0.4, -0.2) is 79.6 Å². The number of carbonyl (C=O) groups is 1. The second kappa shape index (κ2) is 5.86. The zero-order chi connectivity index (χ0) is 13.1. The summed E-state index contributed by atoms with van der Waals surface area (Å²) in [5, 5.41) is 4.75. The monoisotopic (exact) mass is 257 g/mol. The van der Waals surface area contributed by atoms with Gasteiger partial charge in [-0.15, -0.1) is 0 Å². The summed E-state index contributed by atoms with van der Waals surface area (Å²) in [7, 11) is 1.43. The molecular weight excluding hydrogens is 234 g/mol. The Morgan fingerprint density at radius 3 is 2.17 bits per heavy atom. The van der Waals surface area contributed by atoms with E-state index in [-0.39, 0.29) is 6.09 Å². The van der Waals surface area contributed by atoms with Crippen LogP contribution in [0.15, 0.2) is 0 Å². The van der Waals surface area contributed by atoms with Crippen molar-refractivity contribution in [3.8, 4) is 0 Å². The Morgan fingerprint density at radius 2 is 1.67 bits per heavy atom. The number of methoxy groups -OCH3 is 1. The van der Waals surface area contributed by atoms with Crippen molar-refractivity contribution in [2.75, 3.05) is 46.5 Å². The Balaban J connectivity index is 1.90. The molecule has 2 rings (SSSR count). The van der Waals surface area contributed by atoms with Gasteiger partial charge >= 0.3 is 6.09 Å². The molecule has 0 spiro atoms. The summed E-state index contributed by atoms with van der Waals surface area (Å²) in [6.45, 7) is 9.11. The molecule has 6 nitrogen and oxygen atoms in total. The minimum atomic E-state index is -0.224. The number of rotatable bonds is 1. The molecule has 2 heterocycles. The number of ether oxygens (including phenoxy) is 2. The van der Waals surface area contributed by atoms with Crippen molar-refractivity contribution in [1.82, 2.24) is 14.9 Å². The Morgan fingerprint density at radius 1 is 1.11 bits per heavy atom. The van der Waals surface area contributed by atoms with E-state index in [0.717, 1.165) is 39.4 Å². The van der Waals surface area contributed by atoms with E-state index >= 15 is 0 Å². The third kappa shape index (κ3) is 2.76. The average Bonchev–Trinajstić information content (AvgIpc) is 2.38. The standard InChI is InChI=1S/C12H23N3O3/c1-10-8-18-9-11(2)15(10)14-6-4-13(5-7-14)12(16)17-3/h10-11H,4-9H2,1-3H3. The van der Waals surface area contributed by atoms with Crippen molar-refractivity contribution in [2.45, 2.75) is 25.9 Å². The molecule has 18 heavy (non-hydrogen) atoms. The normalized spacial score (nSPS) is 31.4. The van der Waals surface area contributed by atoms with Crippen molar-refractivity contribution in [3.63, 3.8) is 0 Å². The number of piperazine rings is 1. The first kappa shape index (κ1) is 13.6. The van der Waals surface area contributed by atoms with Gasteiger partial charge in [0.05, 0.1) is 20.3 Å². The lowest BCUT2D eigenvalue weighted by molar-refractivity contribution is -0.164. The summed E-state index contributed by atoms with van der Waals surface area (Å²) in [6.07, 6.45) is -0.224. The molecule has 2 saturated heterocycles. The fourth-order valence-corrected chi connectivity index (χ4v) is 2.79. The van der Waals surface area contributed by atoms with Gasteiger partial charge in [0.15, 0.2) is 0 Å². The largest absolute Gasteiger partial charge is 0.453 e. The summed E-state index contributed by atoms with van der Waals surface area (Å²) >= 11 is 0. The molecule has 2 aliphatic rings. The minimum Gasteiger partial charge on any atom is -0.453 e. The molecule has 2 fully saturated rings. The molecule has 0 N–H and O–H groups in total. The highest BCUT2D eigenvalue weighted by atomic mass is 16.5. The van der Waals surface area contributed by atoms with Gasteiger partial charge in [0.2, 0.25) is 0 Å². The Kier molecular flexibility index (Phi) is 4.42. The molecule has 104 valence electrons. The van der Waals surface area contributed by atoms with Gasteiger partial charge in [-0.25, -0.2) is 14.8 Å². The van der Waals surface area contributed by atoms with E-state index in [2.05, 4.69) is 23.9 Å². The Bertz CT molecular complexity index is 282. The summed E-state index contributed by atoms with van der Waals surface area (Å²) in [6, 6.07) is 0.803. The van der Waals surface area contributed by atoms with Gasteiger partial charge in [-0.1, -0.05) is 0 Å². The molecule has 0 radical (unpaired) electrons. The van der Waals surface area contributed by atoms with Gasteiger partial charge in [-0.05, 0) is 13.8 Å². The van der Waals surface area contributed by atoms with Crippen LogP contribution in [-0.2, 0) is 9.47 Å². The van der Waals surface area contributed by atoms with Crippen LogP contribution in [0.25, 0.3) is 0 Å². The highest BCUT2D eigenvalue weighted by Crippen LogP contribution is 2.18. The SMILES string of the molecule is COC(=O)N1CCN(N2C(C)COCC2C)CC1. The predicted octanol–water partition coefficient (Wildman–Crippen LogP) is 0.395.